The van der Waals surface area contributed by atoms with Crippen molar-refractivity contribution in [3.8, 4) is 0 Å². The van der Waals surface area contributed by atoms with Crippen molar-refractivity contribution in [2.45, 2.75) is 39.7 Å². The number of aliphatic hydroxyl groups excluding tert-OH is 1. The largest absolute Gasteiger partial charge is 0.396 e. The number of aliphatic hydroxyl groups is 1. The van der Waals surface area contributed by atoms with Crippen molar-refractivity contribution in [3.63, 3.8) is 0 Å². The molecule has 0 aliphatic carbocycles. The lowest BCUT2D eigenvalue weighted by Crippen LogP contribution is -2.37. The van der Waals surface area contributed by atoms with E-state index < -0.39 is 6.03 Å². The number of carbonyl (C=O) groups excluding carboxylic acids is 1. The highest BCUT2D eigenvalue weighted by atomic mass is 16.3. The van der Waals surface area contributed by atoms with Gasteiger partial charge in [0.15, 0.2) is 0 Å². The molecular weight excluding hydrogens is 266 g/mol. The molecule has 0 bridgehead atoms. The molecule has 5 N–H and O–H groups in total. The van der Waals surface area contributed by atoms with Gasteiger partial charge in [0.05, 0.1) is 0 Å². The fourth-order valence-electron chi connectivity index (χ4n) is 2.26. The van der Waals surface area contributed by atoms with E-state index in [0.29, 0.717) is 5.69 Å². The molecule has 1 unspecified atom stereocenters. The molecule has 0 fully saturated rings. The van der Waals surface area contributed by atoms with Gasteiger partial charge < -0.3 is 21.5 Å². The van der Waals surface area contributed by atoms with Crippen LogP contribution in [0.2, 0.25) is 0 Å². The van der Waals surface area contributed by atoms with Crippen molar-refractivity contribution >= 4 is 11.7 Å². The van der Waals surface area contributed by atoms with Gasteiger partial charge in [0.25, 0.3) is 0 Å². The first-order valence-corrected chi connectivity index (χ1v) is 7.47. The monoisotopic (exact) mass is 293 g/mol. The highest BCUT2D eigenvalue weighted by molar-refractivity contribution is 5.87. The Morgan fingerprint density at radius 3 is 2.29 bits per heavy atom. The van der Waals surface area contributed by atoms with E-state index in [2.05, 4.69) is 31.4 Å². The molecule has 5 heteroatoms. The van der Waals surface area contributed by atoms with E-state index in [1.165, 1.54) is 0 Å². The minimum atomic E-state index is -0.562. The Labute approximate surface area is 126 Å². The Balaban J connectivity index is 2.63. The summed E-state index contributed by atoms with van der Waals surface area (Å²) in [4.78, 5) is 10.8. The predicted molar refractivity (Wildman–Crippen MR) is 86.2 cm³/mol. The average molecular weight is 293 g/mol. The van der Waals surface area contributed by atoms with Crippen LogP contribution in [0.1, 0.15) is 45.2 Å². The molecule has 2 amide bonds. The summed E-state index contributed by atoms with van der Waals surface area (Å²) in [6, 6.07) is 7.20. The molecule has 0 aromatic heterocycles. The van der Waals surface area contributed by atoms with Crippen molar-refractivity contribution in [2.24, 2.45) is 11.1 Å². The molecule has 5 nitrogen and oxygen atoms in total. The van der Waals surface area contributed by atoms with Crippen LogP contribution in [0.25, 0.3) is 0 Å². The number of primary amides is 1. The maximum atomic E-state index is 10.8. The summed E-state index contributed by atoms with van der Waals surface area (Å²) in [5, 5.41) is 15.6. The van der Waals surface area contributed by atoms with E-state index in [4.69, 9.17) is 5.73 Å². The second kappa shape index (κ2) is 8.00. The van der Waals surface area contributed by atoms with Crippen molar-refractivity contribution in [3.05, 3.63) is 29.8 Å². The molecule has 0 spiro atoms. The number of carbonyl (C=O) groups is 1. The Hall–Kier alpha value is -1.59. The third-order valence-corrected chi connectivity index (χ3v) is 4.30. The van der Waals surface area contributed by atoms with E-state index in [0.717, 1.165) is 24.9 Å². The van der Waals surface area contributed by atoms with Crippen LogP contribution in [0, 0.1) is 5.41 Å². The first kappa shape index (κ1) is 17.5. The lowest BCUT2D eigenvalue weighted by atomic mass is 9.83. The summed E-state index contributed by atoms with van der Waals surface area (Å²) in [5.74, 6) is 0. The number of amides is 2. The molecule has 1 aromatic carbocycles. The number of benzene rings is 1. The van der Waals surface area contributed by atoms with Crippen LogP contribution < -0.4 is 16.4 Å². The summed E-state index contributed by atoms with van der Waals surface area (Å²) in [6.45, 7) is 7.27. The zero-order valence-corrected chi connectivity index (χ0v) is 13.1. The maximum Gasteiger partial charge on any atom is 0.316 e. The van der Waals surface area contributed by atoms with E-state index in [1.807, 2.05) is 24.3 Å². The number of rotatable bonds is 8. The Bertz CT molecular complexity index is 433. The van der Waals surface area contributed by atoms with Crippen molar-refractivity contribution in [2.75, 3.05) is 18.5 Å². The van der Waals surface area contributed by atoms with Crippen LogP contribution in [0.4, 0.5) is 10.5 Å². The summed E-state index contributed by atoms with van der Waals surface area (Å²) < 4.78 is 0. The standard InChI is InChI=1S/C16H27N3O2/c1-4-16(5-2,11-20)10-18-12(3)13-6-8-14(9-7-13)19-15(17)21/h6-9,12,18,20H,4-5,10-11H2,1-3H3,(H3,17,19,21). The SMILES string of the molecule is CCC(CC)(CO)CNC(C)c1ccc(NC(N)=O)cc1. The highest BCUT2D eigenvalue weighted by Gasteiger charge is 2.25. The highest BCUT2D eigenvalue weighted by Crippen LogP contribution is 2.26. The van der Waals surface area contributed by atoms with E-state index in [9.17, 15) is 9.90 Å². The number of nitrogens with two attached hydrogens (primary N) is 1. The molecule has 0 saturated heterocycles. The molecule has 0 aliphatic rings. The second-order valence-corrected chi connectivity index (χ2v) is 5.58. The molecule has 0 saturated carbocycles. The van der Waals surface area contributed by atoms with Crippen molar-refractivity contribution in [1.29, 1.82) is 0 Å². The van der Waals surface area contributed by atoms with Crippen molar-refractivity contribution in [1.82, 2.24) is 5.32 Å². The minimum Gasteiger partial charge on any atom is -0.396 e. The summed E-state index contributed by atoms with van der Waals surface area (Å²) >= 11 is 0. The predicted octanol–water partition coefficient (Wildman–Crippen LogP) is 2.63. The van der Waals surface area contributed by atoms with Crippen LogP contribution in [-0.4, -0.2) is 24.3 Å². The minimum absolute atomic E-state index is 0.0538. The van der Waals surface area contributed by atoms with E-state index in [1.54, 1.807) is 0 Å². The molecule has 21 heavy (non-hydrogen) atoms. The quantitative estimate of drug-likeness (QED) is 0.594. The normalized spacial score (nSPS) is 13.0. The lowest BCUT2D eigenvalue weighted by Gasteiger charge is -2.31. The first-order valence-electron chi connectivity index (χ1n) is 7.47. The number of urea groups is 1. The van der Waals surface area contributed by atoms with Crippen LogP contribution >= 0.6 is 0 Å². The molecule has 0 radical (unpaired) electrons. The zero-order valence-electron chi connectivity index (χ0n) is 13.1. The number of anilines is 1. The Morgan fingerprint density at radius 2 is 1.86 bits per heavy atom. The van der Waals surface area contributed by atoms with Gasteiger partial charge in [0.2, 0.25) is 0 Å². The Kier molecular flexibility index (Phi) is 6.65. The summed E-state index contributed by atoms with van der Waals surface area (Å²) in [7, 11) is 0. The zero-order chi connectivity index (χ0) is 15.9. The second-order valence-electron chi connectivity index (χ2n) is 5.58. The van der Waals surface area contributed by atoms with Gasteiger partial charge in [-0.15, -0.1) is 0 Å². The van der Waals surface area contributed by atoms with Gasteiger partial charge in [-0.1, -0.05) is 26.0 Å². The smallest absolute Gasteiger partial charge is 0.316 e. The number of hydrogen-bond acceptors (Lipinski definition) is 3. The summed E-state index contributed by atoms with van der Waals surface area (Å²) in [5.41, 5.74) is 6.84. The fourth-order valence-corrected chi connectivity index (χ4v) is 2.26. The maximum absolute atomic E-state index is 10.8. The van der Waals surface area contributed by atoms with Crippen LogP contribution in [0.3, 0.4) is 0 Å². The molecule has 1 rings (SSSR count). The molecule has 0 heterocycles. The van der Waals surface area contributed by atoms with E-state index >= 15 is 0 Å². The van der Waals surface area contributed by atoms with Gasteiger partial charge >= 0.3 is 6.03 Å². The topological polar surface area (TPSA) is 87.4 Å². The molecule has 0 aliphatic heterocycles. The molecule has 1 atom stereocenters. The fraction of sp³-hybridized carbons (Fsp3) is 0.562. The third-order valence-electron chi connectivity index (χ3n) is 4.30. The molecule has 1 aromatic rings. The van der Waals surface area contributed by atoms with Crippen LogP contribution in [0.5, 0.6) is 0 Å². The Morgan fingerprint density at radius 1 is 1.29 bits per heavy atom. The van der Waals surface area contributed by atoms with Crippen LogP contribution in [-0.2, 0) is 0 Å². The number of nitrogens with one attached hydrogen (secondary N) is 2. The van der Waals surface area contributed by atoms with Gasteiger partial charge in [0, 0.05) is 30.3 Å². The molecule has 118 valence electrons. The van der Waals surface area contributed by atoms with Gasteiger partial charge in [0.1, 0.15) is 0 Å². The van der Waals surface area contributed by atoms with Crippen LogP contribution in [0.15, 0.2) is 24.3 Å². The van der Waals surface area contributed by atoms with Crippen molar-refractivity contribution < 1.29 is 9.90 Å². The van der Waals surface area contributed by atoms with Gasteiger partial charge in [-0.2, -0.15) is 0 Å². The third kappa shape index (κ3) is 5.02. The first-order chi connectivity index (χ1) is 9.96. The van der Waals surface area contributed by atoms with E-state index in [-0.39, 0.29) is 18.1 Å². The van der Waals surface area contributed by atoms with Gasteiger partial charge in [-0.3, -0.25) is 0 Å². The number of hydrogen-bond donors (Lipinski definition) is 4. The molecular formula is C16H27N3O2. The average Bonchev–Trinajstić information content (AvgIpc) is 2.49. The van der Waals surface area contributed by atoms with Gasteiger partial charge in [-0.05, 0) is 37.5 Å². The summed E-state index contributed by atoms with van der Waals surface area (Å²) in [6.07, 6.45) is 1.89. The lowest BCUT2D eigenvalue weighted by molar-refractivity contribution is 0.110. The van der Waals surface area contributed by atoms with Gasteiger partial charge in [-0.25, -0.2) is 4.79 Å².